The number of carbonyl (C=O) groups is 4. The zero-order chi connectivity index (χ0) is 68.7. The summed E-state index contributed by atoms with van der Waals surface area (Å²) in [7, 11) is 0. The normalized spacial score (nSPS) is 23.4. The van der Waals surface area contributed by atoms with Crippen molar-refractivity contribution in [2.24, 2.45) is 10.8 Å². The minimum absolute atomic E-state index is 0.0882. The van der Waals surface area contributed by atoms with Gasteiger partial charge in [0.15, 0.2) is 5.79 Å². The summed E-state index contributed by atoms with van der Waals surface area (Å²) in [6.45, 7) is 56.7. The van der Waals surface area contributed by atoms with Gasteiger partial charge < -0.3 is 62.9 Å². The highest BCUT2D eigenvalue weighted by molar-refractivity contribution is 5.73. The van der Waals surface area contributed by atoms with E-state index >= 15 is 0 Å². The fraction of sp³-hybridized carbons (Fsp3) is 0.906. The molecule has 0 amide bonds. The molecule has 0 radical (unpaired) electrons. The molecule has 524 valence electrons. The van der Waals surface area contributed by atoms with Crippen LogP contribution in [0.4, 0.5) is 0 Å². The van der Waals surface area contributed by atoms with Crippen LogP contribution in [0.5, 0.6) is 0 Å². The number of epoxide rings is 1. The number of nitrogens with zero attached hydrogens (tertiary/aromatic N) is 7. The summed E-state index contributed by atoms with van der Waals surface area (Å²) in [5.74, 6) is -1.73. The lowest BCUT2D eigenvalue weighted by Crippen LogP contribution is -2.54. The molecule has 0 saturated carbocycles. The third-order valence-electron chi connectivity index (χ3n) is 13.6. The largest absolute Gasteiger partial charge is 0.459 e. The Kier molecular flexibility index (Phi) is 37.7. The quantitative estimate of drug-likeness (QED) is 0.171. The van der Waals surface area contributed by atoms with Crippen molar-refractivity contribution >= 4 is 36.2 Å². The minimum atomic E-state index is -0.763. The molecule has 0 aliphatic carbocycles. The first-order valence-corrected chi connectivity index (χ1v) is 31.8. The molecule has 5 aliphatic rings. The number of carbonyl (C=O) groups excluding carboxylic acids is 8. The third kappa shape index (κ3) is 44.6. The van der Waals surface area contributed by atoms with Gasteiger partial charge in [-0.05, 0) is 108 Å². The average molecular weight is 1290 g/mol. The topological polar surface area (TPSA) is 278 Å². The summed E-state index contributed by atoms with van der Waals surface area (Å²) >= 11 is 0. The summed E-state index contributed by atoms with van der Waals surface area (Å²) in [4.78, 5) is 98.9. The molecule has 0 bridgehead atoms. The van der Waals surface area contributed by atoms with Gasteiger partial charge in [0.2, 0.25) is 0 Å². The molecule has 0 spiro atoms. The van der Waals surface area contributed by atoms with Crippen LogP contribution in [0.3, 0.4) is 0 Å². The van der Waals surface area contributed by atoms with Crippen LogP contribution in [0, 0.1) is 10.8 Å². The molecule has 90 heavy (non-hydrogen) atoms. The SMILES string of the molecule is C1OCC2OC2CO1.CC(C)(C)CN1CCN(CC(=O)OC(C)(C)C)CCN(CC(=O)OC(C)(C)C)CCN(C2COC(C)(C)OC[C@@H]2O)CC1.CC(C)(C)CN1CCNCCN(CC(=O)OC(C)(C)C)CCN(CC(=O)OC(C)(C)C)CC1.O=C=O.O=C=O. The van der Waals surface area contributed by atoms with Gasteiger partial charge in [-0.2, -0.15) is 19.2 Å². The van der Waals surface area contributed by atoms with Crippen molar-refractivity contribution < 1.29 is 86.1 Å². The molecule has 5 rings (SSSR count). The molecule has 5 fully saturated rings. The van der Waals surface area contributed by atoms with Crippen molar-refractivity contribution in [3.63, 3.8) is 0 Å². The Morgan fingerprint density at radius 3 is 1.06 bits per heavy atom. The van der Waals surface area contributed by atoms with Crippen molar-refractivity contribution in [2.45, 2.75) is 191 Å². The lowest BCUT2D eigenvalue weighted by molar-refractivity contribution is -0.204. The Labute approximate surface area is 539 Å². The fourth-order valence-corrected chi connectivity index (χ4v) is 9.95. The van der Waals surface area contributed by atoms with Gasteiger partial charge in [0.1, 0.15) is 41.4 Å². The molecule has 2 N–H and O–H groups in total. The number of fused-ring (bicyclic) bond motifs is 1. The summed E-state index contributed by atoms with van der Waals surface area (Å²) in [5, 5.41) is 14.6. The molecule has 5 aliphatic heterocycles. The molecule has 26 nitrogen and oxygen atoms in total. The van der Waals surface area contributed by atoms with Gasteiger partial charge in [0, 0.05) is 118 Å². The molecule has 0 aromatic carbocycles. The van der Waals surface area contributed by atoms with E-state index < -0.39 is 34.3 Å². The number of aliphatic hydroxyl groups excluding tert-OH is 1. The van der Waals surface area contributed by atoms with Crippen LogP contribution in [-0.4, -0.2) is 305 Å². The van der Waals surface area contributed by atoms with Gasteiger partial charge in [-0.3, -0.25) is 43.7 Å². The van der Waals surface area contributed by atoms with Crippen LogP contribution >= 0.6 is 0 Å². The molecular formula is C64H120N8O18. The van der Waals surface area contributed by atoms with Crippen LogP contribution in [0.15, 0.2) is 0 Å². The van der Waals surface area contributed by atoms with E-state index in [-0.39, 0.29) is 85.8 Å². The van der Waals surface area contributed by atoms with Crippen molar-refractivity contribution in [1.82, 2.24) is 39.6 Å². The number of aliphatic hydroxyl groups is 1. The van der Waals surface area contributed by atoms with Crippen molar-refractivity contribution in [3.8, 4) is 0 Å². The van der Waals surface area contributed by atoms with Crippen LogP contribution in [-0.2, 0) is 81.0 Å². The van der Waals surface area contributed by atoms with Crippen molar-refractivity contribution in [1.29, 1.82) is 0 Å². The fourth-order valence-electron chi connectivity index (χ4n) is 9.95. The molecule has 3 unspecified atom stereocenters. The number of esters is 4. The van der Waals surface area contributed by atoms with Crippen LogP contribution in [0.25, 0.3) is 0 Å². The Balaban J connectivity index is 0.000000752. The molecule has 4 atom stereocenters. The molecule has 26 heteroatoms. The lowest BCUT2D eigenvalue weighted by Gasteiger charge is -2.39. The zero-order valence-corrected chi connectivity index (χ0v) is 58.9. The standard InChI is InChI=1S/C32H62N4O7.C25H50N4O4.C5H8O3.2CO2/c1-29(2,3)24-35-15-14-33(20-27(38)42-30(4,5)6)12-13-34(21-28(39)43-31(7,8)9)16-18-36(19-17-35)25-22-40-32(10,11)41-23-26(25)37;1-23(2,3)20-29-13-11-26-10-12-27(18-21(30)32-24(4,5)6)14-15-28(16-17-29)19-22(31)33-25(7,8)9;1-4-5(8-4)2-7-3-6-1;2*2-1-3/h25-26,37H,12-24H2,1-11H3;26H,10-20H2,1-9H3;4-5H,1-3H2;;/t25?,26-;;;;/m0..../s1. The number of hydrogen-bond donors (Lipinski definition) is 2. The van der Waals surface area contributed by atoms with E-state index in [1.165, 1.54) is 0 Å². The van der Waals surface area contributed by atoms with E-state index in [1.54, 1.807) is 0 Å². The number of rotatable bonds is 11. The van der Waals surface area contributed by atoms with E-state index in [4.69, 9.17) is 61.8 Å². The molecule has 5 heterocycles. The maximum Gasteiger partial charge on any atom is 0.373 e. The highest BCUT2D eigenvalue weighted by atomic mass is 16.7. The highest BCUT2D eigenvalue weighted by Gasteiger charge is 2.41. The zero-order valence-electron chi connectivity index (χ0n) is 58.9. The number of nitrogens with one attached hydrogen (secondary N) is 1. The van der Waals surface area contributed by atoms with Crippen LogP contribution in [0.1, 0.15) is 138 Å². The van der Waals surface area contributed by atoms with Crippen LogP contribution < -0.4 is 5.32 Å². The van der Waals surface area contributed by atoms with Gasteiger partial charge in [-0.15, -0.1) is 0 Å². The van der Waals surface area contributed by atoms with Gasteiger partial charge in [0.05, 0.1) is 64.8 Å². The first-order valence-electron chi connectivity index (χ1n) is 31.8. The number of hydrogen-bond acceptors (Lipinski definition) is 26. The highest BCUT2D eigenvalue weighted by Crippen LogP contribution is 2.25. The lowest BCUT2D eigenvalue weighted by atomic mass is 9.96. The Hall–Kier alpha value is -3.92. The Morgan fingerprint density at radius 1 is 0.444 bits per heavy atom. The molecule has 0 aromatic rings. The maximum absolute atomic E-state index is 12.9. The Bertz CT molecular complexity index is 2120. The number of ether oxygens (including phenoxy) is 9. The smallest absolute Gasteiger partial charge is 0.373 e. The van der Waals surface area contributed by atoms with Crippen molar-refractivity contribution in [2.75, 3.05) is 177 Å². The minimum Gasteiger partial charge on any atom is -0.459 e. The van der Waals surface area contributed by atoms with E-state index in [2.05, 4.69) is 81.2 Å². The second kappa shape index (κ2) is 40.4. The van der Waals surface area contributed by atoms with Gasteiger partial charge >= 0.3 is 36.2 Å². The summed E-state index contributed by atoms with van der Waals surface area (Å²) in [6, 6.07) is -0.242. The summed E-state index contributed by atoms with van der Waals surface area (Å²) < 4.78 is 49.4. The Morgan fingerprint density at radius 2 is 0.722 bits per heavy atom. The molecular weight excluding hydrogens is 1170 g/mol. The second-order valence-electron chi connectivity index (χ2n) is 30.3. The third-order valence-corrected chi connectivity index (χ3v) is 13.6. The van der Waals surface area contributed by atoms with Gasteiger partial charge in [0.25, 0.3) is 0 Å². The maximum atomic E-state index is 12.9. The summed E-state index contributed by atoms with van der Waals surface area (Å²) in [5.41, 5.74) is -1.84. The van der Waals surface area contributed by atoms with Crippen molar-refractivity contribution in [3.05, 3.63) is 0 Å². The monoisotopic (exact) mass is 1290 g/mol. The molecule has 5 saturated heterocycles. The van der Waals surface area contributed by atoms with E-state index in [0.717, 1.165) is 65.4 Å². The van der Waals surface area contributed by atoms with Gasteiger partial charge in [-0.1, -0.05) is 41.5 Å². The van der Waals surface area contributed by atoms with E-state index in [1.807, 2.05) is 96.9 Å². The van der Waals surface area contributed by atoms with E-state index in [9.17, 15) is 24.3 Å². The first kappa shape index (κ1) is 84.1. The van der Waals surface area contributed by atoms with Crippen LogP contribution in [0.2, 0.25) is 0 Å². The van der Waals surface area contributed by atoms with Gasteiger partial charge in [-0.25, -0.2) is 0 Å². The molecule has 0 aromatic heterocycles. The second-order valence-corrected chi connectivity index (χ2v) is 30.3. The van der Waals surface area contributed by atoms with E-state index in [0.29, 0.717) is 91.2 Å². The predicted molar refractivity (Wildman–Crippen MR) is 337 cm³/mol. The first-order chi connectivity index (χ1) is 41.4. The predicted octanol–water partition coefficient (Wildman–Crippen LogP) is 3.27. The average Bonchev–Trinajstić information content (AvgIpc) is 1.90. The summed E-state index contributed by atoms with van der Waals surface area (Å²) in [6.07, 6.45) is 0.490.